The molecule has 0 aliphatic carbocycles. The van der Waals surface area contributed by atoms with Gasteiger partial charge in [0.05, 0.1) is 5.56 Å². The molecule has 0 heterocycles. The van der Waals surface area contributed by atoms with Crippen LogP contribution in [0.25, 0.3) is 0 Å². The molecule has 1 aromatic rings. The highest BCUT2D eigenvalue weighted by atomic mass is 79.9. The predicted molar refractivity (Wildman–Crippen MR) is 86.0 cm³/mol. The van der Waals surface area contributed by atoms with Crippen molar-refractivity contribution in [3.63, 3.8) is 0 Å². The van der Waals surface area contributed by atoms with Crippen LogP contribution in [0.5, 0.6) is 0 Å². The summed E-state index contributed by atoms with van der Waals surface area (Å²) in [5.74, 6) is 0.0171. The first-order valence-electron chi connectivity index (χ1n) is 6.09. The first-order chi connectivity index (χ1) is 9.36. The molecule has 0 atom stereocenters. The molecule has 0 aliphatic heterocycles. The molecular formula is C13H17Br2N3O2. The highest BCUT2D eigenvalue weighted by Crippen LogP contribution is 2.23. The molecule has 0 saturated heterocycles. The van der Waals surface area contributed by atoms with Gasteiger partial charge in [0.25, 0.3) is 5.91 Å². The van der Waals surface area contributed by atoms with Crippen LogP contribution >= 0.6 is 31.9 Å². The van der Waals surface area contributed by atoms with Crippen LogP contribution in [0.1, 0.15) is 30.6 Å². The van der Waals surface area contributed by atoms with Gasteiger partial charge in [0, 0.05) is 28.0 Å². The maximum atomic E-state index is 12.6. The molecule has 110 valence electrons. The van der Waals surface area contributed by atoms with Crippen molar-refractivity contribution in [2.45, 2.75) is 26.3 Å². The third-order valence-corrected chi connectivity index (χ3v) is 3.93. The molecule has 3 N–H and O–H groups in total. The topological polar surface area (TPSA) is 78.9 Å². The van der Waals surface area contributed by atoms with Crippen LogP contribution in [-0.2, 0) is 0 Å². The summed E-state index contributed by atoms with van der Waals surface area (Å²) in [6, 6.07) is 5.43. The lowest BCUT2D eigenvalue weighted by Gasteiger charge is -2.27. The van der Waals surface area contributed by atoms with Crippen molar-refractivity contribution in [3.05, 3.63) is 32.7 Å². The Hall–Kier alpha value is -1.08. The molecule has 0 aromatic heterocycles. The van der Waals surface area contributed by atoms with Crippen LogP contribution in [0.15, 0.2) is 32.3 Å². The fourth-order valence-corrected chi connectivity index (χ4v) is 2.91. The number of oxime groups is 1. The Balaban J connectivity index is 2.94. The Morgan fingerprint density at radius 2 is 2.10 bits per heavy atom. The van der Waals surface area contributed by atoms with E-state index in [2.05, 4.69) is 37.0 Å². The van der Waals surface area contributed by atoms with E-state index in [9.17, 15) is 4.79 Å². The number of amides is 1. The predicted octanol–water partition coefficient (Wildman–Crippen LogP) is 3.20. The smallest absolute Gasteiger partial charge is 0.255 e. The number of benzene rings is 1. The van der Waals surface area contributed by atoms with E-state index < -0.39 is 0 Å². The summed E-state index contributed by atoms with van der Waals surface area (Å²) in [7, 11) is 0. The lowest BCUT2D eigenvalue weighted by atomic mass is 10.1. The maximum absolute atomic E-state index is 12.6. The summed E-state index contributed by atoms with van der Waals surface area (Å²) in [6.45, 7) is 4.25. The second-order valence-electron chi connectivity index (χ2n) is 4.56. The number of amidine groups is 1. The van der Waals surface area contributed by atoms with E-state index in [1.807, 2.05) is 26.0 Å². The summed E-state index contributed by atoms with van der Waals surface area (Å²) in [5, 5.41) is 11.5. The number of carbonyl (C=O) groups is 1. The van der Waals surface area contributed by atoms with Crippen molar-refractivity contribution in [3.8, 4) is 0 Å². The third-order valence-electron chi connectivity index (χ3n) is 2.78. The number of nitrogens with two attached hydrogens (primary N) is 1. The minimum Gasteiger partial charge on any atom is -0.409 e. The zero-order chi connectivity index (χ0) is 15.3. The fraction of sp³-hybridized carbons (Fsp3) is 0.385. The third kappa shape index (κ3) is 4.49. The molecule has 0 saturated carbocycles. The number of carbonyl (C=O) groups excluding carboxylic acids is 1. The van der Waals surface area contributed by atoms with Crippen LogP contribution in [-0.4, -0.2) is 34.4 Å². The molecule has 0 spiro atoms. The van der Waals surface area contributed by atoms with E-state index in [1.54, 1.807) is 11.0 Å². The number of hydrogen-bond donors (Lipinski definition) is 2. The van der Waals surface area contributed by atoms with Crippen molar-refractivity contribution >= 4 is 43.6 Å². The van der Waals surface area contributed by atoms with E-state index in [0.29, 0.717) is 18.5 Å². The summed E-state index contributed by atoms with van der Waals surface area (Å²) in [6.07, 6.45) is 0.328. The quantitative estimate of drug-likeness (QED) is 0.341. The van der Waals surface area contributed by atoms with Gasteiger partial charge < -0.3 is 15.8 Å². The highest BCUT2D eigenvalue weighted by Gasteiger charge is 2.21. The van der Waals surface area contributed by atoms with Crippen LogP contribution in [0.2, 0.25) is 0 Å². The fourth-order valence-electron chi connectivity index (χ4n) is 1.70. The minimum atomic E-state index is -0.0925. The highest BCUT2D eigenvalue weighted by molar-refractivity contribution is 9.11. The first kappa shape index (κ1) is 17.0. The molecule has 20 heavy (non-hydrogen) atoms. The number of halogens is 2. The van der Waals surface area contributed by atoms with E-state index in [1.165, 1.54) is 0 Å². The van der Waals surface area contributed by atoms with Gasteiger partial charge in [-0.25, -0.2) is 0 Å². The summed E-state index contributed by atoms with van der Waals surface area (Å²) >= 11 is 6.75. The van der Waals surface area contributed by atoms with Crippen LogP contribution in [0.4, 0.5) is 0 Å². The SMILES string of the molecule is CC(C)N(CC/C(N)=N/O)C(=O)c1ccc(Br)cc1Br. The number of nitrogens with zero attached hydrogens (tertiary/aromatic N) is 2. The van der Waals surface area contributed by atoms with Gasteiger partial charge >= 0.3 is 0 Å². The molecule has 0 bridgehead atoms. The zero-order valence-corrected chi connectivity index (χ0v) is 14.5. The van der Waals surface area contributed by atoms with Crippen molar-refractivity contribution in [2.75, 3.05) is 6.54 Å². The molecule has 0 aliphatic rings. The van der Waals surface area contributed by atoms with Crippen molar-refractivity contribution in [1.29, 1.82) is 0 Å². The Kier molecular flexibility index (Phi) is 6.48. The van der Waals surface area contributed by atoms with Gasteiger partial charge in [-0.3, -0.25) is 4.79 Å². The van der Waals surface area contributed by atoms with Gasteiger partial charge in [0.2, 0.25) is 0 Å². The molecule has 0 fully saturated rings. The summed E-state index contributed by atoms with van der Waals surface area (Å²) in [5.41, 5.74) is 6.04. The van der Waals surface area contributed by atoms with Crippen molar-refractivity contribution in [2.24, 2.45) is 10.9 Å². The van der Waals surface area contributed by atoms with E-state index >= 15 is 0 Å². The Morgan fingerprint density at radius 3 is 2.60 bits per heavy atom. The average Bonchev–Trinajstić information content (AvgIpc) is 2.37. The van der Waals surface area contributed by atoms with Gasteiger partial charge in [-0.2, -0.15) is 0 Å². The van der Waals surface area contributed by atoms with Crippen LogP contribution < -0.4 is 5.73 Å². The Bertz CT molecular complexity index is 518. The van der Waals surface area contributed by atoms with Crippen molar-refractivity contribution in [1.82, 2.24) is 4.90 Å². The second kappa shape index (κ2) is 7.64. The van der Waals surface area contributed by atoms with Crippen LogP contribution in [0, 0.1) is 0 Å². The normalized spacial score (nSPS) is 11.8. The van der Waals surface area contributed by atoms with Gasteiger partial charge in [0.1, 0.15) is 5.84 Å². The number of hydrogen-bond acceptors (Lipinski definition) is 3. The molecule has 0 unspecified atom stereocenters. The molecule has 5 nitrogen and oxygen atoms in total. The maximum Gasteiger partial charge on any atom is 0.255 e. The largest absolute Gasteiger partial charge is 0.409 e. The van der Waals surface area contributed by atoms with Gasteiger partial charge in [0.15, 0.2) is 0 Å². The summed E-state index contributed by atoms with van der Waals surface area (Å²) in [4.78, 5) is 14.2. The zero-order valence-electron chi connectivity index (χ0n) is 11.3. The first-order valence-corrected chi connectivity index (χ1v) is 7.67. The van der Waals surface area contributed by atoms with Crippen molar-refractivity contribution < 1.29 is 10.0 Å². The van der Waals surface area contributed by atoms with Crippen LogP contribution in [0.3, 0.4) is 0 Å². The Labute approximate surface area is 135 Å². The molecule has 7 heteroatoms. The van der Waals surface area contributed by atoms with Gasteiger partial charge in [-0.05, 0) is 48.0 Å². The molecule has 1 amide bonds. The Morgan fingerprint density at radius 1 is 1.45 bits per heavy atom. The van der Waals surface area contributed by atoms with E-state index in [4.69, 9.17) is 10.9 Å². The second-order valence-corrected chi connectivity index (χ2v) is 6.33. The van der Waals surface area contributed by atoms with Gasteiger partial charge in [-0.1, -0.05) is 21.1 Å². The lowest BCUT2D eigenvalue weighted by Crippen LogP contribution is -2.39. The number of rotatable bonds is 5. The lowest BCUT2D eigenvalue weighted by molar-refractivity contribution is 0.0710. The van der Waals surface area contributed by atoms with E-state index in [-0.39, 0.29) is 17.8 Å². The minimum absolute atomic E-state index is 0.0181. The molecule has 1 aromatic carbocycles. The molecule has 0 radical (unpaired) electrons. The molecule has 1 rings (SSSR count). The molecular weight excluding hydrogens is 390 g/mol. The average molecular weight is 407 g/mol. The van der Waals surface area contributed by atoms with Gasteiger partial charge in [-0.15, -0.1) is 0 Å². The monoisotopic (exact) mass is 405 g/mol. The summed E-state index contributed by atoms with van der Waals surface area (Å²) < 4.78 is 1.63. The van der Waals surface area contributed by atoms with E-state index in [0.717, 1.165) is 8.95 Å². The standard InChI is InChI=1S/C13H17Br2N3O2/c1-8(2)18(6-5-12(16)17-20)13(19)10-4-3-9(14)7-11(10)15/h3-4,7-8,20H,5-6H2,1-2H3,(H2,16,17).